The first-order valence-corrected chi connectivity index (χ1v) is 6.94. The van der Waals surface area contributed by atoms with Gasteiger partial charge in [-0.15, -0.1) is 4.98 Å². The fourth-order valence-electron chi connectivity index (χ4n) is 1.74. The van der Waals surface area contributed by atoms with Gasteiger partial charge in [-0.05, 0) is 37.3 Å². The third-order valence-electron chi connectivity index (χ3n) is 2.67. The summed E-state index contributed by atoms with van der Waals surface area (Å²) in [5, 5.41) is 0.0701. The Morgan fingerprint density at radius 3 is 2.68 bits per heavy atom. The summed E-state index contributed by atoms with van der Waals surface area (Å²) >= 11 is 5.80. The Labute approximate surface area is 117 Å². The van der Waals surface area contributed by atoms with Crippen LogP contribution in [0.5, 0.6) is 12.0 Å². The van der Waals surface area contributed by atoms with Crippen molar-refractivity contribution in [1.29, 1.82) is 0 Å². The first-order valence-electron chi connectivity index (χ1n) is 6.56. The fourth-order valence-corrected chi connectivity index (χ4v) is 1.89. The summed E-state index contributed by atoms with van der Waals surface area (Å²) in [7, 11) is 0. The Balaban J connectivity index is 1.89. The number of rotatable bonds is 6. The van der Waals surface area contributed by atoms with Gasteiger partial charge in [-0.3, -0.25) is 0 Å². The highest BCUT2D eigenvalue weighted by atomic mass is 35.5. The second-order valence-corrected chi connectivity index (χ2v) is 4.66. The van der Waals surface area contributed by atoms with Crippen LogP contribution in [0.4, 0.5) is 0 Å². The highest BCUT2D eigenvalue weighted by Crippen LogP contribution is 2.16. The number of halogens is 1. The summed E-state index contributed by atoms with van der Waals surface area (Å²) in [6.07, 6.45) is 4.25. The van der Waals surface area contributed by atoms with Gasteiger partial charge in [0.1, 0.15) is 6.61 Å². The quantitative estimate of drug-likeness (QED) is 0.799. The van der Waals surface area contributed by atoms with Crippen molar-refractivity contribution >= 4 is 11.6 Å². The van der Waals surface area contributed by atoms with Crippen LogP contribution in [-0.2, 0) is 4.74 Å². The van der Waals surface area contributed by atoms with E-state index in [9.17, 15) is 0 Å². The molecule has 2 rings (SSSR count). The van der Waals surface area contributed by atoms with E-state index in [4.69, 9.17) is 25.8 Å². The van der Waals surface area contributed by atoms with Gasteiger partial charge in [0.05, 0.1) is 12.7 Å². The van der Waals surface area contributed by atoms with E-state index < -0.39 is 0 Å². The minimum absolute atomic E-state index is 0.0701. The Hall–Kier alpha value is -1.14. The van der Waals surface area contributed by atoms with Gasteiger partial charge >= 0.3 is 12.0 Å². The molecular formula is C12H18ClN3O3. The zero-order valence-corrected chi connectivity index (χ0v) is 11.7. The van der Waals surface area contributed by atoms with Crippen molar-refractivity contribution < 1.29 is 14.2 Å². The Morgan fingerprint density at radius 2 is 2.00 bits per heavy atom. The van der Waals surface area contributed by atoms with Gasteiger partial charge in [0.15, 0.2) is 0 Å². The maximum atomic E-state index is 5.80. The minimum Gasteiger partial charge on any atom is -0.463 e. The summed E-state index contributed by atoms with van der Waals surface area (Å²) in [4.78, 5) is 11.8. The molecule has 1 aliphatic rings. The predicted octanol–water partition coefficient (Wildman–Crippen LogP) is 2.26. The monoisotopic (exact) mass is 287 g/mol. The lowest BCUT2D eigenvalue weighted by Crippen LogP contribution is -2.26. The summed E-state index contributed by atoms with van der Waals surface area (Å²) in [5.41, 5.74) is 0. The second kappa shape index (κ2) is 7.45. The molecule has 1 atom stereocenters. The van der Waals surface area contributed by atoms with Gasteiger partial charge in [0.2, 0.25) is 5.28 Å². The van der Waals surface area contributed by atoms with Crippen LogP contribution >= 0.6 is 11.6 Å². The van der Waals surface area contributed by atoms with Crippen LogP contribution in [0, 0.1) is 0 Å². The van der Waals surface area contributed by atoms with Crippen LogP contribution in [0.1, 0.15) is 32.6 Å². The molecule has 106 valence electrons. The first-order chi connectivity index (χ1) is 9.28. The van der Waals surface area contributed by atoms with Gasteiger partial charge in [-0.2, -0.15) is 9.97 Å². The van der Waals surface area contributed by atoms with Gasteiger partial charge in [-0.25, -0.2) is 0 Å². The summed E-state index contributed by atoms with van der Waals surface area (Å²) < 4.78 is 16.4. The molecule has 6 nitrogen and oxygen atoms in total. The van der Waals surface area contributed by atoms with E-state index in [1.165, 1.54) is 0 Å². The lowest BCUT2D eigenvalue weighted by molar-refractivity contribution is -0.0131. The number of ether oxygens (including phenoxy) is 3. The van der Waals surface area contributed by atoms with Crippen LogP contribution in [-0.4, -0.2) is 40.9 Å². The van der Waals surface area contributed by atoms with Gasteiger partial charge in [0.25, 0.3) is 0 Å². The Bertz CT molecular complexity index is 400. The standard InChI is InChI=1S/C12H18ClN3O3/c1-2-6-18-11-14-10(13)15-12(16-11)19-8-9-5-3-4-7-17-9/h9H,2-8H2,1H3. The molecule has 0 saturated carbocycles. The van der Waals surface area contributed by atoms with Crippen molar-refractivity contribution in [2.24, 2.45) is 0 Å². The third kappa shape index (κ3) is 4.80. The molecule has 7 heteroatoms. The van der Waals surface area contributed by atoms with E-state index in [-0.39, 0.29) is 23.4 Å². The van der Waals surface area contributed by atoms with Crippen molar-refractivity contribution in [2.45, 2.75) is 38.7 Å². The van der Waals surface area contributed by atoms with E-state index >= 15 is 0 Å². The maximum Gasteiger partial charge on any atom is 0.324 e. The molecule has 0 N–H and O–H groups in total. The number of aromatic nitrogens is 3. The van der Waals surface area contributed by atoms with Crippen LogP contribution in [0.2, 0.25) is 5.28 Å². The second-order valence-electron chi connectivity index (χ2n) is 4.32. The molecule has 1 aromatic rings. The highest BCUT2D eigenvalue weighted by Gasteiger charge is 2.16. The average Bonchev–Trinajstić information content (AvgIpc) is 2.43. The minimum atomic E-state index is 0.0701. The molecule has 1 aromatic heterocycles. The third-order valence-corrected chi connectivity index (χ3v) is 2.84. The van der Waals surface area contributed by atoms with Crippen LogP contribution < -0.4 is 9.47 Å². The predicted molar refractivity (Wildman–Crippen MR) is 69.7 cm³/mol. The largest absolute Gasteiger partial charge is 0.463 e. The number of hydrogen-bond acceptors (Lipinski definition) is 6. The number of nitrogens with zero attached hydrogens (tertiary/aromatic N) is 3. The van der Waals surface area contributed by atoms with Crippen molar-refractivity contribution in [3.63, 3.8) is 0 Å². The van der Waals surface area contributed by atoms with Gasteiger partial charge in [-0.1, -0.05) is 6.92 Å². The van der Waals surface area contributed by atoms with Gasteiger partial charge < -0.3 is 14.2 Å². The van der Waals surface area contributed by atoms with Crippen LogP contribution in [0.25, 0.3) is 0 Å². The summed E-state index contributed by atoms with van der Waals surface area (Å²) in [6.45, 7) is 3.75. The van der Waals surface area contributed by atoms with Crippen LogP contribution in [0.3, 0.4) is 0 Å². The molecule has 0 bridgehead atoms. The van der Waals surface area contributed by atoms with E-state index in [0.29, 0.717) is 13.2 Å². The lowest BCUT2D eigenvalue weighted by atomic mass is 10.1. The van der Waals surface area contributed by atoms with Crippen molar-refractivity contribution in [3.05, 3.63) is 5.28 Å². The van der Waals surface area contributed by atoms with E-state index in [1.54, 1.807) is 0 Å². The fraction of sp³-hybridized carbons (Fsp3) is 0.750. The SMILES string of the molecule is CCCOc1nc(Cl)nc(OCC2CCCCO2)n1. The molecule has 0 spiro atoms. The topological polar surface area (TPSA) is 66.4 Å². The Morgan fingerprint density at radius 1 is 1.21 bits per heavy atom. The Kier molecular flexibility index (Phi) is 5.60. The number of hydrogen-bond donors (Lipinski definition) is 0. The van der Waals surface area contributed by atoms with Gasteiger partial charge in [0, 0.05) is 6.61 Å². The summed E-state index contributed by atoms with van der Waals surface area (Å²) in [6, 6.07) is 0.377. The molecular weight excluding hydrogens is 270 g/mol. The van der Waals surface area contributed by atoms with Crippen molar-refractivity contribution in [1.82, 2.24) is 15.0 Å². The smallest absolute Gasteiger partial charge is 0.324 e. The molecule has 1 unspecified atom stereocenters. The zero-order chi connectivity index (χ0) is 13.5. The molecule has 1 fully saturated rings. The molecule has 0 aliphatic carbocycles. The lowest BCUT2D eigenvalue weighted by Gasteiger charge is -2.21. The van der Waals surface area contributed by atoms with E-state index in [1.807, 2.05) is 6.92 Å². The van der Waals surface area contributed by atoms with Crippen molar-refractivity contribution in [3.8, 4) is 12.0 Å². The molecule has 0 aromatic carbocycles. The zero-order valence-electron chi connectivity index (χ0n) is 11.0. The molecule has 0 radical (unpaired) electrons. The molecule has 2 heterocycles. The van der Waals surface area contributed by atoms with E-state index in [0.717, 1.165) is 32.3 Å². The van der Waals surface area contributed by atoms with Crippen LogP contribution in [0.15, 0.2) is 0 Å². The normalized spacial score (nSPS) is 19.2. The molecule has 0 amide bonds. The first kappa shape index (κ1) is 14.3. The maximum absolute atomic E-state index is 5.80. The molecule has 1 saturated heterocycles. The van der Waals surface area contributed by atoms with Crippen molar-refractivity contribution in [2.75, 3.05) is 19.8 Å². The molecule has 19 heavy (non-hydrogen) atoms. The summed E-state index contributed by atoms with van der Waals surface area (Å²) in [5.74, 6) is 0. The average molecular weight is 288 g/mol. The highest BCUT2D eigenvalue weighted by molar-refractivity contribution is 6.28. The molecule has 1 aliphatic heterocycles. The van der Waals surface area contributed by atoms with E-state index in [2.05, 4.69) is 15.0 Å².